The molecule has 1 unspecified atom stereocenters. The zero-order valence-electron chi connectivity index (χ0n) is 10.5. The van der Waals surface area contributed by atoms with Crippen LogP contribution < -0.4 is 10.1 Å². The number of hydrogen-bond donors (Lipinski definition) is 1. The van der Waals surface area contributed by atoms with Crippen LogP contribution in [0.15, 0.2) is 24.3 Å². The Kier molecular flexibility index (Phi) is 2.83. The Bertz CT molecular complexity index is 374. The van der Waals surface area contributed by atoms with E-state index in [1.807, 2.05) is 0 Å². The Morgan fingerprint density at radius 2 is 2.06 bits per heavy atom. The van der Waals surface area contributed by atoms with E-state index < -0.39 is 0 Å². The van der Waals surface area contributed by atoms with Gasteiger partial charge in [0.2, 0.25) is 0 Å². The second-order valence-corrected chi connectivity index (χ2v) is 5.31. The van der Waals surface area contributed by atoms with Gasteiger partial charge < -0.3 is 10.1 Å². The minimum atomic E-state index is 0.220. The molecule has 1 N–H and O–H groups in total. The van der Waals surface area contributed by atoms with Gasteiger partial charge >= 0.3 is 0 Å². The lowest BCUT2D eigenvalue weighted by atomic mass is 9.86. The third kappa shape index (κ3) is 2.19. The maximum Gasteiger partial charge on any atom is 0.119 e. The smallest absolute Gasteiger partial charge is 0.119 e. The van der Waals surface area contributed by atoms with Gasteiger partial charge in [-0.2, -0.15) is 0 Å². The Balaban J connectivity index is 1.77. The Labute approximate surface area is 103 Å². The van der Waals surface area contributed by atoms with E-state index >= 15 is 0 Å². The van der Waals surface area contributed by atoms with Gasteiger partial charge in [-0.3, -0.25) is 0 Å². The van der Waals surface area contributed by atoms with Crippen molar-refractivity contribution in [3.05, 3.63) is 29.8 Å². The van der Waals surface area contributed by atoms with Crippen LogP contribution in [-0.4, -0.2) is 12.6 Å². The summed E-state index contributed by atoms with van der Waals surface area (Å²) in [6.07, 6.45) is 6.64. The van der Waals surface area contributed by atoms with Gasteiger partial charge in [0.15, 0.2) is 0 Å². The lowest BCUT2D eigenvalue weighted by molar-refractivity contribution is 0.302. The van der Waals surface area contributed by atoms with E-state index in [2.05, 4.69) is 36.5 Å². The normalized spacial score (nSPS) is 28.3. The molecule has 0 radical (unpaired) electrons. The molecule has 92 valence electrons. The summed E-state index contributed by atoms with van der Waals surface area (Å²) in [7, 11) is 0. The van der Waals surface area contributed by atoms with E-state index in [1.165, 1.54) is 31.2 Å². The van der Waals surface area contributed by atoms with Crippen molar-refractivity contribution in [2.24, 2.45) is 0 Å². The molecule has 1 saturated heterocycles. The first-order valence-electron chi connectivity index (χ1n) is 6.85. The number of nitrogens with one attached hydrogen (secondary N) is 1. The van der Waals surface area contributed by atoms with Gasteiger partial charge in [0.25, 0.3) is 0 Å². The maximum atomic E-state index is 5.79. The van der Waals surface area contributed by atoms with E-state index in [-0.39, 0.29) is 5.54 Å². The van der Waals surface area contributed by atoms with Crippen molar-refractivity contribution in [2.75, 3.05) is 6.54 Å². The van der Waals surface area contributed by atoms with Gasteiger partial charge in [0.05, 0.1) is 6.10 Å². The molecular formula is C15H21NO. The van der Waals surface area contributed by atoms with Crippen LogP contribution >= 0.6 is 0 Å². The first-order chi connectivity index (χ1) is 8.32. The fourth-order valence-corrected chi connectivity index (χ4v) is 2.79. The van der Waals surface area contributed by atoms with Gasteiger partial charge in [-0.25, -0.2) is 0 Å². The molecule has 1 aliphatic carbocycles. The summed E-state index contributed by atoms with van der Waals surface area (Å²) in [6.45, 7) is 3.42. The van der Waals surface area contributed by atoms with Crippen molar-refractivity contribution in [1.82, 2.24) is 5.32 Å². The first kappa shape index (κ1) is 11.1. The average Bonchev–Trinajstić information content (AvgIpc) is 3.05. The molecule has 0 amide bonds. The van der Waals surface area contributed by atoms with Crippen molar-refractivity contribution < 1.29 is 4.74 Å². The minimum absolute atomic E-state index is 0.220. The van der Waals surface area contributed by atoms with Gasteiger partial charge in [0, 0.05) is 5.54 Å². The topological polar surface area (TPSA) is 21.3 Å². The van der Waals surface area contributed by atoms with E-state index in [0.717, 1.165) is 18.7 Å². The van der Waals surface area contributed by atoms with Crippen LogP contribution in [0, 0.1) is 0 Å². The molecular weight excluding hydrogens is 210 g/mol. The lowest BCUT2D eigenvalue weighted by Crippen LogP contribution is -2.35. The molecule has 0 aromatic heterocycles. The highest BCUT2D eigenvalue weighted by Gasteiger charge is 2.33. The van der Waals surface area contributed by atoms with Crippen LogP contribution in [0.1, 0.15) is 44.6 Å². The molecule has 1 aromatic rings. The van der Waals surface area contributed by atoms with Crippen LogP contribution in [0.4, 0.5) is 0 Å². The predicted octanol–water partition coefficient (Wildman–Crippen LogP) is 3.22. The van der Waals surface area contributed by atoms with E-state index in [9.17, 15) is 0 Å². The van der Waals surface area contributed by atoms with Crippen LogP contribution in [0.3, 0.4) is 0 Å². The highest BCUT2D eigenvalue weighted by molar-refractivity contribution is 5.33. The largest absolute Gasteiger partial charge is 0.490 e. The summed E-state index contributed by atoms with van der Waals surface area (Å²) in [5.41, 5.74) is 1.64. The van der Waals surface area contributed by atoms with Crippen LogP contribution in [-0.2, 0) is 5.54 Å². The van der Waals surface area contributed by atoms with E-state index in [1.54, 1.807) is 0 Å². The van der Waals surface area contributed by atoms with Crippen molar-refractivity contribution in [2.45, 2.75) is 50.7 Å². The number of ether oxygens (including phenoxy) is 1. The Morgan fingerprint density at radius 1 is 1.29 bits per heavy atom. The van der Waals surface area contributed by atoms with E-state index in [0.29, 0.717) is 6.10 Å². The summed E-state index contributed by atoms with van der Waals surface area (Å²) in [4.78, 5) is 0. The summed E-state index contributed by atoms with van der Waals surface area (Å²) in [5.74, 6) is 1.03. The van der Waals surface area contributed by atoms with E-state index in [4.69, 9.17) is 4.74 Å². The summed E-state index contributed by atoms with van der Waals surface area (Å²) in [5, 5.41) is 3.67. The van der Waals surface area contributed by atoms with Crippen LogP contribution in [0.25, 0.3) is 0 Å². The second-order valence-electron chi connectivity index (χ2n) is 5.31. The molecule has 0 spiro atoms. The quantitative estimate of drug-likeness (QED) is 0.859. The molecule has 2 fully saturated rings. The zero-order valence-corrected chi connectivity index (χ0v) is 10.5. The molecule has 2 heteroatoms. The van der Waals surface area contributed by atoms with Gasteiger partial charge in [0.1, 0.15) is 5.75 Å². The molecule has 2 nitrogen and oxygen atoms in total. The van der Waals surface area contributed by atoms with Crippen molar-refractivity contribution in [3.63, 3.8) is 0 Å². The Morgan fingerprint density at radius 3 is 2.59 bits per heavy atom. The van der Waals surface area contributed by atoms with Crippen LogP contribution in [0.5, 0.6) is 5.75 Å². The third-order valence-electron chi connectivity index (χ3n) is 4.08. The highest BCUT2D eigenvalue weighted by atomic mass is 16.5. The predicted molar refractivity (Wildman–Crippen MR) is 69.3 cm³/mol. The third-order valence-corrected chi connectivity index (χ3v) is 4.08. The molecule has 0 bridgehead atoms. The maximum absolute atomic E-state index is 5.79. The highest BCUT2D eigenvalue weighted by Crippen LogP contribution is 2.35. The fourth-order valence-electron chi connectivity index (χ4n) is 2.79. The number of hydrogen-bond acceptors (Lipinski definition) is 2. The standard InChI is InChI=1S/C15H21NO/c1-2-15(10-3-11-16-15)12-4-6-13(7-5-12)17-14-8-9-14/h4-7,14,16H,2-3,8-11H2,1H3. The zero-order chi connectivity index (χ0) is 11.7. The lowest BCUT2D eigenvalue weighted by Gasteiger charge is -2.29. The summed E-state index contributed by atoms with van der Waals surface area (Å²) >= 11 is 0. The van der Waals surface area contributed by atoms with Gasteiger partial charge in [-0.1, -0.05) is 19.1 Å². The molecule has 1 aliphatic heterocycles. The fraction of sp³-hybridized carbons (Fsp3) is 0.600. The molecule has 2 aliphatic rings. The second kappa shape index (κ2) is 4.34. The minimum Gasteiger partial charge on any atom is -0.490 e. The Hall–Kier alpha value is -1.02. The number of rotatable bonds is 4. The molecule has 1 atom stereocenters. The molecule has 3 rings (SSSR count). The van der Waals surface area contributed by atoms with Crippen molar-refractivity contribution in [3.8, 4) is 5.75 Å². The monoisotopic (exact) mass is 231 g/mol. The SMILES string of the molecule is CCC1(c2ccc(OC3CC3)cc2)CCCN1. The first-order valence-corrected chi connectivity index (χ1v) is 6.85. The summed E-state index contributed by atoms with van der Waals surface area (Å²) < 4.78 is 5.79. The molecule has 17 heavy (non-hydrogen) atoms. The van der Waals surface area contributed by atoms with Crippen molar-refractivity contribution >= 4 is 0 Å². The molecule has 1 aromatic carbocycles. The molecule has 1 heterocycles. The van der Waals surface area contributed by atoms with Crippen LogP contribution in [0.2, 0.25) is 0 Å². The van der Waals surface area contributed by atoms with Gasteiger partial charge in [-0.15, -0.1) is 0 Å². The molecule has 1 saturated carbocycles. The summed E-state index contributed by atoms with van der Waals surface area (Å²) in [6, 6.07) is 8.73. The van der Waals surface area contributed by atoms with Crippen molar-refractivity contribution in [1.29, 1.82) is 0 Å². The average molecular weight is 231 g/mol. The number of benzene rings is 1. The van der Waals surface area contributed by atoms with Gasteiger partial charge in [-0.05, 0) is 56.3 Å².